The van der Waals surface area contributed by atoms with Crippen molar-refractivity contribution in [3.63, 3.8) is 0 Å². The van der Waals surface area contributed by atoms with E-state index in [9.17, 15) is 14.7 Å². The van der Waals surface area contributed by atoms with Crippen LogP contribution in [0.1, 0.15) is 12.5 Å². The number of ether oxygens (including phenoxy) is 1. The molecule has 0 amide bonds. The molecule has 0 atom stereocenters. The Labute approximate surface area is 176 Å². The van der Waals surface area contributed by atoms with E-state index in [0.717, 1.165) is 10.3 Å². The average Bonchev–Trinajstić information content (AvgIpc) is 2.73. The van der Waals surface area contributed by atoms with Gasteiger partial charge in [0.05, 0.1) is 18.5 Å². The summed E-state index contributed by atoms with van der Waals surface area (Å²) in [5, 5.41) is 17.8. The maximum Gasteiger partial charge on any atom is 0.335 e. The molecule has 154 valence electrons. The smallest absolute Gasteiger partial charge is 0.335 e. The van der Waals surface area contributed by atoms with Gasteiger partial charge in [-0.15, -0.1) is 0 Å². The number of rotatable bonds is 5. The molecule has 2 aromatic carbocycles. The molecule has 0 fully saturated rings. The molecule has 0 aliphatic heterocycles. The lowest BCUT2D eigenvalue weighted by Crippen LogP contribution is -2.33. The van der Waals surface area contributed by atoms with E-state index in [1.54, 1.807) is 24.3 Å². The Bertz CT molecular complexity index is 1200. The molecule has 3 rings (SSSR count). The molecule has 0 aliphatic rings. The summed E-state index contributed by atoms with van der Waals surface area (Å²) >= 11 is 5.17. The zero-order chi connectivity index (χ0) is 21.7. The number of nitrogens with one attached hydrogen (secondary N) is 3. The fraction of sp³-hybridized carbons (Fsp3) is 0.100. The van der Waals surface area contributed by atoms with Crippen LogP contribution in [0.3, 0.4) is 0 Å². The molecule has 30 heavy (non-hydrogen) atoms. The number of benzene rings is 2. The first kappa shape index (κ1) is 20.8. The third-order valence-corrected chi connectivity index (χ3v) is 4.33. The summed E-state index contributed by atoms with van der Waals surface area (Å²) in [6.07, 6.45) is 0. The minimum absolute atomic E-state index is 0.133. The number of anilines is 1. The number of aromatic nitrogens is 2. The maximum absolute atomic E-state index is 12.3. The number of nitrogens with zero attached hydrogens (tertiary/aromatic N) is 2. The lowest BCUT2D eigenvalue weighted by molar-refractivity contribution is 0.414. The van der Waals surface area contributed by atoms with Crippen molar-refractivity contribution in [2.45, 2.75) is 6.92 Å². The van der Waals surface area contributed by atoms with Gasteiger partial charge in [0.1, 0.15) is 11.3 Å². The van der Waals surface area contributed by atoms with Crippen LogP contribution in [0.4, 0.5) is 5.69 Å². The minimum atomic E-state index is -0.784. The first-order valence-electron chi connectivity index (χ1n) is 8.80. The van der Waals surface area contributed by atoms with E-state index in [0.29, 0.717) is 11.4 Å². The van der Waals surface area contributed by atoms with Crippen LogP contribution in [-0.2, 0) is 0 Å². The predicted octanol–water partition coefficient (Wildman–Crippen LogP) is 1.95. The molecule has 1 heterocycles. The highest BCUT2D eigenvalue weighted by Crippen LogP contribution is 2.19. The number of hydrazone groups is 1. The number of thiocarbonyl (C=S) groups is 1. The van der Waals surface area contributed by atoms with Gasteiger partial charge in [0.15, 0.2) is 5.11 Å². The number of hydrogen-bond acceptors (Lipinski definition) is 6. The summed E-state index contributed by atoms with van der Waals surface area (Å²) in [6, 6.07) is 15.6. The third kappa shape index (κ3) is 4.55. The summed E-state index contributed by atoms with van der Waals surface area (Å²) in [5.41, 5.74) is 2.13. The molecule has 0 unspecified atom stereocenters. The van der Waals surface area contributed by atoms with Gasteiger partial charge in [-0.2, -0.15) is 5.10 Å². The highest BCUT2D eigenvalue weighted by molar-refractivity contribution is 7.80. The number of aromatic hydroxyl groups is 1. The molecule has 1 aromatic heterocycles. The lowest BCUT2D eigenvalue weighted by Gasteiger charge is -2.12. The lowest BCUT2D eigenvalue weighted by atomic mass is 10.2. The first-order valence-corrected chi connectivity index (χ1v) is 9.21. The van der Waals surface area contributed by atoms with Crippen molar-refractivity contribution < 1.29 is 9.84 Å². The molecule has 9 nitrogen and oxygen atoms in total. The van der Waals surface area contributed by atoms with Gasteiger partial charge in [0, 0.05) is 5.69 Å². The Hall–Kier alpha value is -3.92. The van der Waals surface area contributed by atoms with Crippen molar-refractivity contribution in [1.82, 2.24) is 15.0 Å². The van der Waals surface area contributed by atoms with E-state index in [2.05, 4.69) is 20.8 Å². The van der Waals surface area contributed by atoms with Crippen LogP contribution in [0.2, 0.25) is 0 Å². The standard InChI is InChI=1S/C20H19N5O4S/c1-12(23-24-19(30)21-13-6-4-3-5-7-13)16-17(26)22-20(28)25(18(16)27)14-8-10-15(29-2)11-9-14/h3-11,27H,1-2H3,(H2,21,24,30)(H,22,26,28)/b23-12+. The Balaban J connectivity index is 1.90. The zero-order valence-electron chi connectivity index (χ0n) is 16.2. The number of methoxy groups -OCH3 is 1. The van der Waals surface area contributed by atoms with Gasteiger partial charge in [-0.25, -0.2) is 9.36 Å². The fourth-order valence-corrected chi connectivity index (χ4v) is 2.86. The van der Waals surface area contributed by atoms with Crippen LogP contribution in [-0.4, -0.2) is 32.6 Å². The second kappa shape index (κ2) is 9.05. The van der Waals surface area contributed by atoms with Crippen molar-refractivity contribution in [2.75, 3.05) is 12.4 Å². The van der Waals surface area contributed by atoms with Crippen LogP contribution in [0.15, 0.2) is 69.3 Å². The Kier molecular flexibility index (Phi) is 6.28. The van der Waals surface area contributed by atoms with E-state index in [4.69, 9.17) is 17.0 Å². The van der Waals surface area contributed by atoms with Crippen molar-refractivity contribution in [2.24, 2.45) is 5.10 Å². The molecule has 0 saturated heterocycles. The van der Waals surface area contributed by atoms with Crippen molar-refractivity contribution in [3.05, 3.63) is 81.0 Å². The SMILES string of the molecule is COc1ccc(-n2c(O)c(/C(C)=N/NC(=S)Nc3ccccc3)c(=O)[nH]c2=O)cc1. The number of hydrogen-bond donors (Lipinski definition) is 4. The van der Waals surface area contributed by atoms with E-state index in [1.807, 2.05) is 30.3 Å². The van der Waals surface area contributed by atoms with E-state index in [-0.39, 0.29) is 16.4 Å². The van der Waals surface area contributed by atoms with Crippen LogP contribution in [0.25, 0.3) is 5.69 Å². The first-order chi connectivity index (χ1) is 14.4. The third-order valence-electron chi connectivity index (χ3n) is 4.14. The summed E-state index contributed by atoms with van der Waals surface area (Å²) in [5.74, 6) is 0.0382. The zero-order valence-corrected chi connectivity index (χ0v) is 17.0. The van der Waals surface area contributed by atoms with Crippen LogP contribution >= 0.6 is 12.2 Å². The molecule has 0 spiro atoms. The van der Waals surface area contributed by atoms with E-state index in [1.165, 1.54) is 14.0 Å². The monoisotopic (exact) mass is 425 g/mol. The number of H-pyrrole nitrogens is 1. The predicted molar refractivity (Wildman–Crippen MR) is 119 cm³/mol. The normalized spacial score (nSPS) is 11.1. The summed E-state index contributed by atoms with van der Waals surface area (Å²) in [4.78, 5) is 26.8. The molecule has 4 N–H and O–H groups in total. The minimum Gasteiger partial charge on any atom is -0.497 e. The van der Waals surface area contributed by atoms with Gasteiger partial charge in [-0.3, -0.25) is 15.2 Å². The van der Waals surface area contributed by atoms with Gasteiger partial charge in [0.25, 0.3) is 5.56 Å². The van der Waals surface area contributed by atoms with E-state index < -0.39 is 17.1 Å². The van der Waals surface area contributed by atoms with Gasteiger partial charge >= 0.3 is 5.69 Å². The topological polar surface area (TPSA) is 121 Å². The molecule has 10 heteroatoms. The second-order valence-corrected chi connectivity index (χ2v) is 6.53. The Morgan fingerprint density at radius 1 is 1.13 bits per heavy atom. The Morgan fingerprint density at radius 3 is 2.43 bits per heavy atom. The molecule has 0 bridgehead atoms. The van der Waals surface area contributed by atoms with Crippen LogP contribution in [0.5, 0.6) is 11.6 Å². The molecular formula is C20H19N5O4S. The quantitative estimate of drug-likeness (QED) is 0.280. The molecule has 0 aliphatic carbocycles. The van der Waals surface area contributed by atoms with Gasteiger partial charge < -0.3 is 15.2 Å². The number of aromatic amines is 1. The molecule has 0 radical (unpaired) electrons. The summed E-state index contributed by atoms with van der Waals surface area (Å²) in [7, 11) is 1.51. The van der Waals surface area contributed by atoms with Crippen molar-refractivity contribution >= 4 is 28.7 Å². The second-order valence-electron chi connectivity index (χ2n) is 6.12. The molecular weight excluding hydrogens is 406 g/mol. The van der Waals surface area contributed by atoms with Crippen LogP contribution in [0, 0.1) is 0 Å². The van der Waals surface area contributed by atoms with Crippen molar-refractivity contribution in [1.29, 1.82) is 0 Å². The maximum atomic E-state index is 12.3. The summed E-state index contributed by atoms with van der Waals surface area (Å²) in [6.45, 7) is 1.51. The largest absolute Gasteiger partial charge is 0.497 e. The molecule has 0 saturated carbocycles. The van der Waals surface area contributed by atoms with Crippen molar-refractivity contribution in [3.8, 4) is 17.3 Å². The highest BCUT2D eigenvalue weighted by atomic mass is 32.1. The highest BCUT2D eigenvalue weighted by Gasteiger charge is 2.18. The average molecular weight is 425 g/mol. The van der Waals surface area contributed by atoms with Gasteiger partial charge in [0.2, 0.25) is 5.88 Å². The van der Waals surface area contributed by atoms with E-state index >= 15 is 0 Å². The fourth-order valence-electron chi connectivity index (χ4n) is 2.69. The van der Waals surface area contributed by atoms with Crippen LogP contribution < -0.4 is 26.7 Å². The number of para-hydroxylation sites is 1. The Morgan fingerprint density at radius 2 is 1.80 bits per heavy atom. The van der Waals surface area contributed by atoms with Gasteiger partial charge in [-0.1, -0.05) is 18.2 Å². The summed E-state index contributed by atoms with van der Waals surface area (Å²) < 4.78 is 6.06. The molecule has 3 aromatic rings. The van der Waals surface area contributed by atoms with Gasteiger partial charge in [-0.05, 0) is 55.5 Å².